The lowest BCUT2D eigenvalue weighted by Crippen LogP contribution is -2.18. The molecule has 5 heteroatoms. The van der Waals surface area contributed by atoms with Crippen molar-refractivity contribution < 1.29 is 4.79 Å². The molecule has 0 aliphatic carbocycles. The Balaban J connectivity index is 0.00000289. The van der Waals surface area contributed by atoms with Crippen LogP contribution in [-0.4, -0.2) is 25.3 Å². The Kier molecular flexibility index (Phi) is 9.83. The lowest BCUT2D eigenvalue weighted by Gasteiger charge is -2.07. The van der Waals surface area contributed by atoms with E-state index in [9.17, 15) is 4.79 Å². The van der Waals surface area contributed by atoms with Crippen molar-refractivity contribution in [2.24, 2.45) is 0 Å². The van der Waals surface area contributed by atoms with E-state index in [-0.39, 0.29) is 18.3 Å². The van der Waals surface area contributed by atoms with E-state index in [4.69, 9.17) is 0 Å². The second kappa shape index (κ2) is 10.2. The Bertz CT molecular complexity index is 361. The predicted octanol–water partition coefficient (Wildman–Crippen LogP) is 2.91. The van der Waals surface area contributed by atoms with Gasteiger partial charge in [0.15, 0.2) is 0 Å². The van der Waals surface area contributed by atoms with Gasteiger partial charge >= 0.3 is 0 Å². The standard InChI is InChI=1S/C13H20N2OS.ClH/c1-3-17-10-11-5-4-6-12(9-11)15-13(16)7-8-14-2;/h4-6,9,14H,3,7-8,10H2,1-2H3,(H,15,16);1H. The highest BCUT2D eigenvalue weighted by molar-refractivity contribution is 7.98. The van der Waals surface area contributed by atoms with Gasteiger partial charge in [-0.3, -0.25) is 4.79 Å². The molecule has 1 aromatic rings. The number of carbonyl (C=O) groups is 1. The smallest absolute Gasteiger partial charge is 0.225 e. The number of carbonyl (C=O) groups excluding carboxylic acids is 1. The number of amides is 1. The molecule has 0 aliphatic heterocycles. The Labute approximate surface area is 120 Å². The maximum atomic E-state index is 11.5. The van der Waals surface area contributed by atoms with E-state index in [0.29, 0.717) is 13.0 Å². The summed E-state index contributed by atoms with van der Waals surface area (Å²) in [5.41, 5.74) is 2.14. The Morgan fingerprint density at radius 2 is 2.17 bits per heavy atom. The number of halogens is 1. The van der Waals surface area contributed by atoms with Crippen LogP contribution in [-0.2, 0) is 10.5 Å². The molecule has 1 aromatic carbocycles. The van der Waals surface area contributed by atoms with Gasteiger partial charge in [-0.05, 0) is 30.5 Å². The number of rotatable bonds is 7. The summed E-state index contributed by atoms with van der Waals surface area (Å²) in [7, 11) is 1.84. The molecule has 3 nitrogen and oxygen atoms in total. The summed E-state index contributed by atoms with van der Waals surface area (Å²) in [6.45, 7) is 2.85. The molecule has 102 valence electrons. The summed E-state index contributed by atoms with van der Waals surface area (Å²) < 4.78 is 0. The molecule has 0 unspecified atom stereocenters. The van der Waals surface area contributed by atoms with Crippen LogP contribution in [0.2, 0.25) is 0 Å². The van der Waals surface area contributed by atoms with E-state index < -0.39 is 0 Å². The zero-order valence-corrected chi connectivity index (χ0v) is 12.5. The monoisotopic (exact) mass is 288 g/mol. The van der Waals surface area contributed by atoms with E-state index in [1.807, 2.05) is 37.0 Å². The van der Waals surface area contributed by atoms with Crippen LogP contribution in [0.4, 0.5) is 5.69 Å². The van der Waals surface area contributed by atoms with Crippen molar-refractivity contribution in [3.8, 4) is 0 Å². The predicted molar refractivity (Wildman–Crippen MR) is 82.7 cm³/mol. The third kappa shape index (κ3) is 6.89. The highest BCUT2D eigenvalue weighted by Crippen LogP contribution is 2.16. The number of hydrogen-bond acceptors (Lipinski definition) is 3. The van der Waals surface area contributed by atoms with Crippen LogP contribution in [0.25, 0.3) is 0 Å². The minimum absolute atomic E-state index is 0. The molecule has 1 rings (SSSR count). The first-order chi connectivity index (χ1) is 8.26. The normalized spacial score (nSPS) is 9.67. The molecule has 0 spiro atoms. The van der Waals surface area contributed by atoms with Crippen molar-refractivity contribution in [1.29, 1.82) is 0 Å². The van der Waals surface area contributed by atoms with E-state index in [1.165, 1.54) is 5.56 Å². The molecule has 0 saturated carbocycles. The molecular weight excluding hydrogens is 268 g/mol. The van der Waals surface area contributed by atoms with Crippen molar-refractivity contribution >= 4 is 35.8 Å². The summed E-state index contributed by atoms with van der Waals surface area (Å²) >= 11 is 1.88. The zero-order chi connectivity index (χ0) is 12.5. The Morgan fingerprint density at radius 3 is 2.83 bits per heavy atom. The molecule has 1 amide bonds. The molecule has 0 radical (unpaired) electrons. The number of benzene rings is 1. The Morgan fingerprint density at radius 1 is 1.39 bits per heavy atom. The molecular formula is C13H21ClN2OS. The number of thioether (sulfide) groups is 1. The summed E-state index contributed by atoms with van der Waals surface area (Å²) in [4.78, 5) is 11.5. The highest BCUT2D eigenvalue weighted by Gasteiger charge is 2.02. The van der Waals surface area contributed by atoms with Crippen LogP contribution in [0.3, 0.4) is 0 Å². The third-order valence-electron chi connectivity index (χ3n) is 2.29. The summed E-state index contributed by atoms with van der Waals surface area (Å²) in [6.07, 6.45) is 0.504. The number of anilines is 1. The fraction of sp³-hybridized carbons (Fsp3) is 0.462. The van der Waals surface area contributed by atoms with Gasteiger partial charge in [0.05, 0.1) is 0 Å². The average Bonchev–Trinajstić information content (AvgIpc) is 2.34. The van der Waals surface area contributed by atoms with Gasteiger partial charge in [0.1, 0.15) is 0 Å². The van der Waals surface area contributed by atoms with Crippen LogP contribution in [0.1, 0.15) is 18.9 Å². The van der Waals surface area contributed by atoms with Gasteiger partial charge in [-0.1, -0.05) is 19.1 Å². The van der Waals surface area contributed by atoms with Gasteiger partial charge in [0.25, 0.3) is 0 Å². The molecule has 0 atom stereocenters. The van der Waals surface area contributed by atoms with E-state index in [0.717, 1.165) is 17.2 Å². The van der Waals surface area contributed by atoms with Crippen LogP contribution in [0.15, 0.2) is 24.3 Å². The van der Waals surface area contributed by atoms with E-state index in [2.05, 4.69) is 23.6 Å². The van der Waals surface area contributed by atoms with Gasteiger partial charge in [-0.15, -0.1) is 12.4 Å². The first-order valence-corrected chi connectivity index (χ1v) is 7.03. The first kappa shape index (κ1) is 17.3. The summed E-state index contributed by atoms with van der Waals surface area (Å²) in [5, 5.41) is 5.86. The summed E-state index contributed by atoms with van der Waals surface area (Å²) in [5.74, 6) is 2.16. The fourth-order valence-electron chi connectivity index (χ4n) is 1.42. The Hall–Kier alpha value is -0.710. The second-order valence-electron chi connectivity index (χ2n) is 3.74. The minimum atomic E-state index is 0. The van der Waals surface area contributed by atoms with Crippen molar-refractivity contribution in [3.05, 3.63) is 29.8 Å². The molecule has 18 heavy (non-hydrogen) atoms. The first-order valence-electron chi connectivity index (χ1n) is 5.87. The van der Waals surface area contributed by atoms with Crippen LogP contribution in [0.5, 0.6) is 0 Å². The average molecular weight is 289 g/mol. The van der Waals surface area contributed by atoms with Crippen LogP contribution >= 0.6 is 24.2 Å². The third-order valence-corrected chi connectivity index (χ3v) is 3.23. The van der Waals surface area contributed by atoms with Crippen molar-refractivity contribution in [1.82, 2.24) is 5.32 Å². The molecule has 2 N–H and O–H groups in total. The molecule has 0 bridgehead atoms. The molecule has 0 aromatic heterocycles. The van der Waals surface area contributed by atoms with Crippen molar-refractivity contribution in [2.75, 3.05) is 24.7 Å². The second-order valence-corrected chi connectivity index (χ2v) is 5.01. The minimum Gasteiger partial charge on any atom is -0.326 e. The lowest BCUT2D eigenvalue weighted by molar-refractivity contribution is -0.116. The lowest BCUT2D eigenvalue weighted by atomic mass is 10.2. The number of nitrogens with one attached hydrogen (secondary N) is 2. The fourth-order valence-corrected chi connectivity index (χ4v) is 2.04. The van der Waals surface area contributed by atoms with Crippen LogP contribution in [0, 0.1) is 0 Å². The topological polar surface area (TPSA) is 41.1 Å². The zero-order valence-electron chi connectivity index (χ0n) is 10.9. The van der Waals surface area contributed by atoms with Crippen molar-refractivity contribution in [2.45, 2.75) is 19.1 Å². The molecule has 0 aliphatic rings. The van der Waals surface area contributed by atoms with Gasteiger partial charge < -0.3 is 10.6 Å². The molecule has 0 heterocycles. The SMILES string of the molecule is CCSCc1cccc(NC(=O)CCNC)c1.Cl. The largest absolute Gasteiger partial charge is 0.326 e. The van der Waals surface area contributed by atoms with Gasteiger partial charge in [0, 0.05) is 24.4 Å². The quantitative estimate of drug-likeness (QED) is 0.811. The van der Waals surface area contributed by atoms with Gasteiger partial charge in [0.2, 0.25) is 5.91 Å². The maximum absolute atomic E-state index is 11.5. The van der Waals surface area contributed by atoms with Crippen LogP contribution < -0.4 is 10.6 Å². The van der Waals surface area contributed by atoms with Gasteiger partial charge in [-0.2, -0.15) is 11.8 Å². The molecule has 0 saturated heterocycles. The summed E-state index contributed by atoms with van der Waals surface area (Å²) in [6, 6.07) is 8.04. The van der Waals surface area contributed by atoms with Crippen molar-refractivity contribution in [3.63, 3.8) is 0 Å². The number of hydrogen-bond donors (Lipinski definition) is 2. The van der Waals surface area contributed by atoms with Gasteiger partial charge in [-0.25, -0.2) is 0 Å². The van der Waals surface area contributed by atoms with E-state index >= 15 is 0 Å². The maximum Gasteiger partial charge on any atom is 0.225 e. The molecule has 0 fully saturated rings. The van der Waals surface area contributed by atoms with E-state index in [1.54, 1.807) is 0 Å². The highest BCUT2D eigenvalue weighted by atomic mass is 35.5.